The van der Waals surface area contributed by atoms with E-state index in [1.165, 1.54) is 6.33 Å². The fourth-order valence-electron chi connectivity index (χ4n) is 3.32. The molecule has 0 radical (unpaired) electrons. The molecule has 10 heteroatoms. The van der Waals surface area contributed by atoms with E-state index in [1.807, 2.05) is 29.6 Å². The van der Waals surface area contributed by atoms with Crippen molar-refractivity contribution in [3.63, 3.8) is 0 Å². The van der Waals surface area contributed by atoms with E-state index in [-0.39, 0.29) is 18.1 Å². The van der Waals surface area contributed by atoms with Gasteiger partial charge in [-0.3, -0.25) is 9.59 Å². The van der Waals surface area contributed by atoms with E-state index in [1.54, 1.807) is 15.5 Å². The number of nitrogens with one attached hydrogen (secondary N) is 2. The Hall–Kier alpha value is -3.30. The molecule has 1 aromatic carbocycles. The molecular weight excluding hydrogens is 387 g/mol. The summed E-state index contributed by atoms with van der Waals surface area (Å²) in [5.41, 5.74) is 1.55. The fraction of sp³-hybridized carbons (Fsp3) is 0.316. The third-order valence-corrected chi connectivity index (χ3v) is 5.00. The number of nitrogens with zero attached hydrogens (tertiary/aromatic N) is 3. The summed E-state index contributed by atoms with van der Waals surface area (Å²) >= 11 is 0. The van der Waals surface area contributed by atoms with Crippen LogP contribution in [0.2, 0.25) is 0 Å². The molecule has 3 aromatic rings. The summed E-state index contributed by atoms with van der Waals surface area (Å²) in [4.78, 5) is 33.8. The number of alkyl halides is 3. The molecule has 29 heavy (non-hydrogen) atoms. The third kappa shape index (κ3) is 3.57. The summed E-state index contributed by atoms with van der Waals surface area (Å²) in [6.45, 7) is 1.75. The highest BCUT2D eigenvalue weighted by molar-refractivity contribution is 5.98. The zero-order chi connectivity index (χ0) is 20.8. The van der Waals surface area contributed by atoms with Crippen LogP contribution in [0.5, 0.6) is 0 Å². The predicted octanol–water partition coefficient (Wildman–Crippen LogP) is 2.70. The second-order valence-electron chi connectivity index (χ2n) is 6.97. The van der Waals surface area contributed by atoms with Gasteiger partial charge in [0.2, 0.25) is 0 Å². The van der Waals surface area contributed by atoms with Crippen molar-refractivity contribution in [1.29, 1.82) is 0 Å². The maximum atomic E-state index is 12.9. The number of carbonyl (C=O) groups excluding carboxylic acids is 2. The Bertz CT molecular complexity index is 1050. The number of hydrogen-bond donors (Lipinski definition) is 2. The zero-order valence-electron chi connectivity index (χ0n) is 15.5. The lowest BCUT2D eigenvalue weighted by Crippen LogP contribution is -2.44. The summed E-state index contributed by atoms with van der Waals surface area (Å²) in [6.07, 6.45) is -3.14. The van der Waals surface area contributed by atoms with E-state index < -0.39 is 18.1 Å². The molecule has 0 saturated heterocycles. The Morgan fingerprint density at radius 3 is 2.72 bits per heavy atom. The van der Waals surface area contributed by atoms with Crippen LogP contribution in [0.4, 0.5) is 13.2 Å². The summed E-state index contributed by atoms with van der Waals surface area (Å²) in [6, 6.07) is 7.23. The molecule has 3 heterocycles. The molecule has 0 saturated carbocycles. The van der Waals surface area contributed by atoms with Crippen molar-refractivity contribution in [2.45, 2.75) is 32.2 Å². The second kappa shape index (κ2) is 6.94. The second-order valence-corrected chi connectivity index (χ2v) is 6.97. The first kappa shape index (κ1) is 19.0. The van der Waals surface area contributed by atoms with Crippen LogP contribution in [0.3, 0.4) is 0 Å². The quantitative estimate of drug-likeness (QED) is 0.703. The largest absolute Gasteiger partial charge is 0.408 e. The van der Waals surface area contributed by atoms with Crippen molar-refractivity contribution >= 4 is 22.7 Å². The average molecular weight is 405 g/mol. The molecule has 1 aliphatic heterocycles. The minimum atomic E-state index is -4.55. The molecule has 2 amide bonds. The maximum Gasteiger partial charge on any atom is 0.408 e. The summed E-state index contributed by atoms with van der Waals surface area (Å²) in [7, 11) is 0. The lowest BCUT2D eigenvalue weighted by atomic mass is 10.2. The number of carbonyl (C=O) groups is 2. The Labute approximate surface area is 163 Å². The van der Waals surface area contributed by atoms with Gasteiger partial charge in [0.05, 0.1) is 18.6 Å². The first-order chi connectivity index (χ1) is 13.7. The topological polar surface area (TPSA) is 83.0 Å². The lowest BCUT2D eigenvalue weighted by Gasteiger charge is -2.28. The molecule has 0 fully saturated rings. The van der Waals surface area contributed by atoms with E-state index in [0.29, 0.717) is 24.5 Å². The molecule has 7 nitrogen and oxygen atoms in total. The van der Waals surface area contributed by atoms with Crippen molar-refractivity contribution < 1.29 is 22.8 Å². The predicted molar refractivity (Wildman–Crippen MR) is 98.2 cm³/mol. The van der Waals surface area contributed by atoms with Gasteiger partial charge in [-0.15, -0.1) is 0 Å². The van der Waals surface area contributed by atoms with Crippen LogP contribution >= 0.6 is 0 Å². The minimum absolute atomic E-state index is 0.0807. The molecule has 0 unspecified atom stereocenters. The molecule has 2 N–H and O–H groups in total. The van der Waals surface area contributed by atoms with Gasteiger partial charge >= 0.3 is 6.18 Å². The standard InChI is InChI=1S/C19H18F3N5O2/c1-11(19(20,21)22)24-17(28)16-15-9-26(6-7-27(15)10-23-16)18(29)14-8-12-4-2-3-5-13(12)25-14/h2-5,8,10-11,25H,6-7,9H2,1H3,(H,24,28)/t11-/m1/s1. The van der Waals surface area contributed by atoms with Gasteiger partial charge in [-0.2, -0.15) is 13.2 Å². The molecule has 152 valence electrons. The van der Waals surface area contributed by atoms with Crippen LogP contribution in [0.25, 0.3) is 10.9 Å². The van der Waals surface area contributed by atoms with Crippen LogP contribution in [-0.2, 0) is 13.1 Å². The number of amides is 2. The molecule has 0 spiro atoms. The highest BCUT2D eigenvalue weighted by atomic mass is 19.4. The number of halogens is 3. The van der Waals surface area contributed by atoms with Crippen molar-refractivity contribution in [1.82, 2.24) is 24.8 Å². The Morgan fingerprint density at radius 1 is 1.24 bits per heavy atom. The van der Waals surface area contributed by atoms with Crippen LogP contribution in [0.15, 0.2) is 36.7 Å². The normalized spacial score (nSPS) is 15.2. The number of benzene rings is 1. The van der Waals surface area contributed by atoms with E-state index in [2.05, 4.69) is 9.97 Å². The van der Waals surface area contributed by atoms with Gasteiger partial charge in [0, 0.05) is 24.0 Å². The van der Waals surface area contributed by atoms with E-state index in [9.17, 15) is 22.8 Å². The van der Waals surface area contributed by atoms with Crippen LogP contribution in [0, 0.1) is 0 Å². The number of aromatic amines is 1. The number of imidazole rings is 1. The van der Waals surface area contributed by atoms with E-state index in [0.717, 1.165) is 17.8 Å². The summed E-state index contributed by atoms with van der Waals surface area (Å²) < 4.78 is 39.9. The Kier molecular flexibility index (Phi) is 4.56. The lowest BCUT2D eigenvalue weighted by molar-refractivity contribution is -0.149. The Morgan fingerprint density at radius 2 is 2.00 bits per heavy atom. The number of rotatable bonds is 3. The van der Waals surface area contributed by atoms with Gasteiger partial charge in [0.15, 0.2) is 5.69 Å². The highest BCUT2D eigenvalue weighted by Gasteiger charge is 2.38. The number of para-hydroxylation sites is 1. The van der Waals surface area contributed by atoms with Gasteiger partial charge in [-0.25, -0.2) is 4.98 Å². The highest BCUT2D eigenvalue weighted by Crippen LogP contribution is 2.23. The van der Waals surface area contributed by atoms with Gasteiger partial charge < -0.3 is 19.8 Å². The smallest absolute Gasteiger partial charge is 0.351 e. The van der Waals surface area contributed by atoms with Crippen molar-refractivity contribution in [2.75, 3.05) is 6.54 Å². The monoisotopic (exact) mass is 405 g/mol. The molecule has 2 aromatic heterocycles. The van der Waals surface area contributed by atoms with Gasteiger partial charge in [-0.1, -0.05) is 18.2 Å². The van der Waals surface area contributed by atoms with Gasteiger partial charge in [0.1, 0.15) is 11.7 Å². The average Bonchev–Trinajstić information content (AvgIpc) is 3.30. The molecule has 4 rings (SSSR count). The third-order valence-electron chi connectivity index (χ3n) is 5.00. The Balaban J connectivity index is 1.54. The van der Waals surface area contributed by atoms with Gasteiger partial charge in [0.25, 0.3) is 11.8 Å². The molecule has 1 aliphatic rings. The van der Waals surface area contributed by atoms with E-state index in [4.69, 9.17) is 0 Å². The number of H-pyrrole nitrogens is 1. The van der Waals surface area contributed by atoms with Crippen molar-refractivity contribution in [2.24, 2.45) is 0 Å². The number of aromatic nitrogens is 3. The van der Waals surface area contributed by atoms with Crippen LogP contribution < -0.4 is 5.32 Å². The number of hydrogen-bond acceptors (Lipinski definition) is 3. The SMILES string of the molecule is C[C@@H](NC(=O)c1ncn2c1CN(C(=O)c1cc3ccccc3[nH]1)CC2)C(F)(F)F. The fourth-order valence-corrected chi connectivity index (χ4v) is 3.32. The maximum absolute atomic E-state index is 12.9. The zero-order valence-corrected chi connectivity index (χ0v) is 15.5. The summed E-state index contributed by atoms with van der Waals surface area (Å²) in [5.74, 6) is -1.16. The first-order valence-corrected chi connectivity index (χ1v) is 9.02. The molecule has 1 atom stereocenters. The molecule has 0 bridgehead atoms. The van der Waals surface area contributed by atoms with Crippen LogP contribution in [-0.4, -0.2) is 50.0 Å². The van der Waals surface area contributed by atoms with Gasteiger partial charge in [-0.05, 0) is 19.1 Å². The summed E-state index contributed by atoms with van der Waals surface area (Å²) in [5, 5.41) is 2.82. The van der Waals surface area contributed by atoms with Crippen molar-refractivity contribution in [3.05, 3.63) is 53.7 Å². The minimum Gasteiger partial charge on any atom is -0.351 e. The number of fused-ring (bicyclic) bond motifs is 2. The van der Waals surface area contributed by atoms with Crippen LogP contribution in [0.1, 0.15) is 33.6 Å². The van der Waals surface area contributed by atoms with Crippen molar-refractivity contribution in [3.8, 4) is 0 Å². The van der Waals surface area contributed by atoms with E-state index >= 15 is 0 Å². The molecular formula is C19H18F3N5O2. The first-order valence-electron chi connectivity index (χ1n) is 9.02. The molecule has 0 aliphatic carbocycles.